The molecular formula is C22H42Cl2N4O2. The number of nitrogens with one attached hydrogen (secondary N) is 1. The maximum absolute atomic E-state index is 12.8. The van der Waals surface area contributed by atoms with Gasteiger partial charge in [0, 0.05) is 38.6 Å². The molecule has 3 aliphatic rings. The van der Waals surface area contributed by atoms with Gasteiger partial charge in [0.25, 0.3) is 0 Å². The lowest BCUT2D eigenvalue weighted by Crippen LogP contribution is -2.53. The van der Waals surface area contributed by atoms with Crippen molar-refractivity contribution >= 4 is 36.6 Å². The zero-order valence-corrected chi connectivity index (χ0v) is 20.2. The van der Waals surface area contributed by atoms with Gasteiger partial charge in [0.2, 0.25) is 11.8 Å². The Kier molecular flexibility index (Phi) is 12.0. The minimum absolute atomic E-state index is 0. The molecule has 3 fully saturated rings. The van der Waals surface area contributed by atoms with E-state index in [9.17, 15) is 9.59 Å². The smallest absolute Gasteiger partial charge is 0.234 e. The molecule has 3 N–H and O–H groups in total. The number of nitrogens with two attached hydrogens (primary N) is 1. The summed E-state index contributed by atoms with van der Waals surface area (Å²) in [5.74, 6) is 1.12. The highest BCUT2D eigenvalue weighted by Gasteiger charge is 2.35. The molecule has 0 spiro atoms. The zero-order valence-electron chi connectivity index (χ0n) is 18.6. The van der Waals surface area contributed by atoms with Crippen LogP contribution in [0, 0.1) is 11.3 Å². The minimum Gasteiger partial charge on any atom is -0.352 e. The fourth-order valence-corrected chi connectivity index (χ4v) is 5.38. The zero-order chi connectivity index (χ0) is 20.0. The highest BCUT2D eigenvalue weighted by Crippen LogP contribution is 2.38. The first-order chi connectivity index (χ1) is 13.5. The SMILES string of the molecule is CC1CCCC(NC(=O)CN2CCN(C(=O)CC3(CN)CCCCC3)CC2)C1.Cl.Cl. The summed E-state index contributed by atoms with van der Waals surface area (Å²) in [6.07, 6.45) is 11.2. The van der Waals surface area contributed by atoms with Gasteiger partial charge in [0.1, 0.15) is 0 Å². The van der Waals surface area contributed by atoms with E-state index in [1.165, 1.54) is 32.1 Å². The number of carbonyl (C=O) groups excluding carboxylic acids is 2. The van der Waals surface area contributed by atoms with Crippen LogP contribution < -0.4 is 11.1 Å². The van der Waals surface area contributed by atoms with Crippen molar-refractivity contribution < 1.29 is 9.59 Å². The van der Waals surface area contributed by atoms with Gasteiger partial charge in [-0.2, -0.15) is 0 Å². The second-order valence-corrected chi connectivity index (χ2v) is 9.63. The minimum atomic E-state index is 0. The molecule has 0 aromatic carbocycles. The first-order valence-corrected chi connectivity index (χ1v) is 11.5. The quantitative estimate of drug-likeness (QED) is 0.632. The van der Waals surface area contributed by atoms with Crippen LogP contribution >= 0.6 is 24.8 Å². The Bertz CT molecular complexity index is 535. The van der Waals surface area contributed by atoms with Crippen LogP contribution in [0.3, 0.4) is 0 Å². The first kappa shape index (κ1) is 27.5. The molecule has 0 radical (unpaired) electrons. The third-order valence-electron chi connectivity index (χ3n) is 7.27. The Hall–Kier alpha value is -0.560. The summed E-state index contributed by atoms with van der Waals surface area (Å²) < 4.78 is 0. The maximum atomic E-state index is 12.8. The van der Waals surface area contributed by atoms with Crippen molar-refractivity contribution in [3.8, 4) is 0 Å². The van der Waals surface area contributed by atoms with Crippen molar-refractivity contribution in [3.05, 3.63) is 0 Å². The number of hydrogen-bond acceptors (Lipinski definition) is 4. The van der Waals surface area contributed by atoms with Crippen LogP contribution in [0.1, 0.15) is 71.1 Å². The van der Waals surface area contributed by atoms with Gasteiger partial charge < -0.3 is 16.0 Å². The summed E-state index contributed by atoms with van der Waals surface area (Å²) in [7, 11) is 0. The summed E-state index contributed by atoms with van der Waals surface area (Å²) >= 11 is 0. The summed E-state index contributed by atoms with van der Waals surface area (Å²) in [5.41, 5.74) is 6.09. The van der Waals surface area contributed by atoms with Crippen LogP contribution in [0.25, 0.3) is 0 Å². The molecule has 3 rings (SSSR count). The Labute approximate surface area is 194 Å². The van der Waals surface area contributed by atoms with E-state index in [1.807, 2.05) is 4.90 Å². The lowest BCUT2D eigenvalue weighted by Gasteiger charge is -2.39. The molecule has 2 saturated carbocycles. The van der Waals surface area contributed by atoms with Crippen LogP contribution in [0.5, 0.6) is 0 Å². The number of rotatable bonds is 6. The van der Waals surface area contributed by atoms with E-state index in [4.69, 9.17) is 5.73 Å². The molecule has 1 aliphatic heterocycles. The Balaban J connectivity index is 0.00000225. The molecule has 2 amide bonds. The molecule has 0 aromatic rings. The van der Waals surface area contributed by atoms with E-state index in [1.54, 1.807) is 0 Å². The van der Waals surface area contributed by atoms with Crippen LogP contribution in [0.2, 0.25) is 0 Å². The van der Waals surface area contributed by atoms with Gasteiger partial charge in [-0.15, -0.1) is 24.8 Å². The molecule has 2 atom stereocenters. The van der Waals surface area contributed by atoms with Crippen molar-refractivity contribution in [2.24, 2.45) is 17.1 Å². The predicted octanol–water partition coefficient (Wildman–Crippen LogP) is 2.97. The van der Waals surface area contributed by atoms with Crippen LogP contribution in [0.4, 0.5) is 0 Å². The van der Waals surface area contributed by atoms with Gasteiger partial charge in [-0.3, -0.25) is 14.5 Å². The van der Waals surface area contributed by atoms with Gasteiger partial charge in [0.15, 0.2) is 0 Å². The van der Waals surface area contributed by atoms with Crippen molar-refractivity contribution in [3.63, 3.8) is 0 Å². The van der Waals surface area contributed by atoms with Crippen molar-refractivity contribution in [1.82, 2.24) is 15.1 Å². The van der Waals surface area contributed by atoms with Crippen LogP contribution in [-0.2, 0) is 9.59 Å². The van der Waals surface area contributed by atoms with Crippen LogP contribution in [-0.4, -0.2) is 66.9 Å². The molecule has 1 heterocycles. The third kappa shape index (κ3) is 7.85. The van der Waals surface area contributed by atoms with Gasteiger partial charge >= 0.3 is 0 Å². The van der Waals surface area contributed by atoms with Crippen molar-refractivity contribution in [1.29, 1.82) is 0 Å². The normalized spacial score (nSPS) is 26.8. The largest absolute Gasteiger partial charge is 0.352 e. The standard InChI is InChI=1S/C22H40N4O2.2ClH/c1-18-6-5-7-19(14-18)24-20(27)16-25-10-12-26(13-11-25)21(28)15-22(17-23)8-3-2-4-9-22;;/h18-19H,2-17,23H2,1H3,(H,24,27);2*1H. The average Bonchev–Trinajstić information content (AvgIpc) is 2.69. The van der Waals surface area contributed by atoms with Gasteiger partial charge in [-0.25, -0.2) is 0 Å². The number of carbonyl (C=O) groups is 2. The summed E-state index contributed by atoms with van der Waals surface area (Å²) in [6, 6.07) is 0.349. The Morgan fingerprint density at radius 1 is 1.00 bits per heavy atom. The van der Waals surface area contributed by atoms with Gasteiger partial charge in [0.05, 0.1) is 6.54 Å². The second kappa shape index (κ2) is 13.1. The average molecular weight is 466 g/mol. The molecule has 1 saturated heterocycles. The lowest BCUT2D eigenvalue weighted by molar-refractivity contribution is -0.136. The Morgan fingerprint density at radius 2 is 1.67 bits per heavy atom. The van der Waals surface area contributed by atoms with E-state index < -0.39 is 0 Å². The molecule has 30 heavy (non-hydrogen) atoms. The number of amides is 2. The molecule has 0 bridgehead atoms. The third-order valence-corrected chi connectivity index (χ3v) is 7.27. The molecule has 176 valence electrons. The highest BCUT2D eigenvalue weighted by atomic mass is 35.5. The van der Waals surface area contributed by atoms with Crippen molar-refractivity contribution in [2.45, 2.75) is 77.2 Å². The van der Waals surface area contributed by atoms with E-state index in [0.29, 0.717) is 25.6 Å². The highest BCUT2D eigenvalue weighted by molar-refractivity contribution is 5.85. The number of halogens is 2. The molecule has 2 unspecified atom stereocenters. The van der Waals surface area contributed by atoms with Crippen LogP contribution in [0.15, 0.2) is 0 Å². The van der Waals surface area contributed by atoms with E-state index in [-0.39, 0.29) is 42.0 Å². The fraction of sp³-hybridized carbons (Fsp3) is 0.909. The second-order valence-electron chi connectivity index (χ2n) is 9.63. The molecule has 8 heteroatoms. The van der Waals surface area contributed by atoms with Gasteiger partial charge in [-0.05, 0) is 43.6 Å². The summed E-state index contributed by atoms with van der Waals surface area (Å²) in [4.78, 5) is 29.4. The number of hydrogen-bond donors (Lipinski definition) is 2. The van der Waals surface area contributed by atoms with Crippen molar-refractivity contribution in [2.75, 3.05) is 39.3 Å². The molecule has 2 aliphatic carbocycles. The van der Waals surface area contributed by atoms with E-state index in [0.717, 1.165) is 57.8 Å². The fourth-order valence-electron chi connectivity index (χ4n) is 5.38. The first-order valence-electron chi connectivity index (χ1n) is 11.5. The number of nitrogens with zero attached hydrogens (tertiary/aromatic N) is 2. The Morgan fingerprint density at radius 3 is 2.27 bits per heavy atom. The molecule has 6 nitrogen and oxygen atoms in total. The topological polar surface area (TPSA) is 78.7 Å². The van der Waals surface area contributed by atoms with E-state index in [2.05, 4.69) is 17.1 Å². The predicted molar refractivity (Wildman–Crippen MR) is 126 cm³/mol. The maximum Gasteiger partial charge on any atom is 0.234 e. The summed E-state index contributed by atoms with van der Waals surface area (Å²) in [5, 5.41) is 3.22. The lowest BCUT2D eigenvalue weighted by atomic mass is 9.71. The molecular weight excluding hydrogens is 423 g/mol. The summed E-state index contributed by atoms with van der Waals surface area (Å²) in [6.45, 7) is 6.39. The monoisotopic (exact) mass is 464 g/mol. The molecule has 0 aromatic heterocycles. The number of piperazine rings is 1. The van der Waals surface area contributed by atoms with Gasteiger partial charge in [-0.1, -0.05) is 39.0 Å². The van der Waals surface area contributed by atoms with E-state index >= 15 is 0 Å².